The molecule has 0 aliphatic carbocycles. The largest absolute Gasteiger partial charge is 0.325 e. The Morgan fingerprint density at radius 2 is 1.92 bits per heavy atom. The van der Waals surface area contributed by atoms with Gasteiger partial charge in [0.25, 0.3) is 0 Å². The van der Waals surface area contributed by atoms with E-state index in [0.29, 0.717) is 24.8 Å². The number of carbonyl (C=O) groups excluding carboxylic acids is 2. The number of aryl methyl sites for hydroxylation is 1. The predicted molar refractivity (Wildman–Crippen MR) is 102 cm³/mol. The molecule has 0 radical (unpaired) electrons. The van der Waals surface area contributed by atoms with Gasteiger partial charge in [0, 0.05) is 25.0 Å². The van der Waals surface area contributed by atoms with E-state index in [4.69, 9.17) is 0 Å². The molecule has 2 aromatic rings. The Labute approximate surface area is 153 Å². The van der Waals surface area contributed by atoms with Gasteiger partial charge in [-0.2, -0.15) is 0 Å². The first-order valence-electron chi connectivity index (χ1n) is 8.83. The molecule has 0 bridgehead atoms. The van der Waals surface area contributed by atoms with E-state index in [2.05, 4.69) is 24.1 Å². The van der Waals surface area contributed by atoms with E-state index >= 15 is 0 Å². The molecule has 1 aromatic carbocycles. The number of urea groups is 1. The molecule has 1 aromatic heterocycles. The van der Waals surface area contributed by atoms with Crippen molar-refractivity contribution in [2.75, 3.05) is 29.9 Å². The van der Waals surface area contributed by atoms with E-state index in [1.807, 2.05) is 43.3 Å². The van der Waals surface area contributed by atoms with Crippen molar-refractivity contribution in [2.45, 2.75) is 26.7 Å². The maximum Gasteiger partial charge on any atom is 0.325 e. The van der Waals surface area contributed by atoms with Crippen LogP contribution in [0.1, 0.15) is 30.9 Å². The Balaban J connectivity index is 1.62. The van der Waals surface area contributed by atoms with Crippen LogP contribution >= 0.6 is 0 Å². The summed E-state index contributed by atoms with van der Waals surface area (Å²) in [5, 5.41) is 2.77. The maximum atomic E-state index is 12.6. The molecule has 1 N–H and O–H groups in total. The average molecular weight is 352 g/mol. The van der Waals surface area contributed by atoms with E-state index in [-0.39, 0.29) is 18.5 Å². The molecule has 0 unspecified atom stereocenters. The highest BCUT2D eigenvalue weighted by Gasteiger charge is 2.30. The zero-order valence-corrected chi connectivity index (χ0v) is 15.4. The summed E-state index contributed by atoms with van der Waals surface area (Å²) >= 11 is 0. The first-order chi connectivity index (χ1) is 12.5. The van der Waals surface area contributed by atoms with Crippen LogP contribution in [-0.4, -0.2) is 41.5 Å². The molecular weight excluding hydrogens is 328 g/mol. The van der Waals surface area contributed by atoms with Gasteiger partial charge in [-0.25, -0.2) is 9.78 Å². The number of benzene rings is 1. The third-order valence-corrected chi connectivity index (χ3v) is 4.57. The van der Waals surface area contributed by atoms with Gasteiger partial charge in [-0.15, -0.1) is 0 Å². The van der Waals surface area contributed by atoms with E-state index in [1.165, 1.54) is 5.56 Å². The molecule has 26 heavy (non-hydrogen) atoms. The number of amides is 3. The lowest BCUT2D eigenvalue weighted by Crippen LogP contribution is -2.37. The summed E-state index contributed by atoms with van der Waals surface area (Å²) in [4.78, 5) is 32.3. The van der Waals surface area contributed by atoms with Crippen molar-refractivity contribution in [2.24, 2.45) is 0 Å². The first-order valence-corrected chi connectivity index (χ1v) is 8.83. The average Bonchev–Trinajstić information content (AvgIpc) is 2.97. The van der Waals surface area contributed by atoms with Crippen LogP contribution in [0.2, 0.25) is 0 Å². The van der Waals surface area contributed by atoms with Crippen molar-refractivity contribution in [3.63, 3.8) is 0 Å². The number of anilines is 2. The van der Waals surface area contributed by atoms with Crippen LogP contribution in [0, 0.1) is 6.92 Å². The lowest BCUT2D eigenvalue weighted by atomic mass is 10.0. The Morgan fingerprint density at radius 1 is 1.19 bits per heavy atom. The summed E-state index contributed by atoms with van der Waals surface area (Å²) in [5.74, 6) is 0.746. The zero-order valence-electron chi connectivity index (χ0n) is 15.4. The molecule has 3 rings (SSSR count). The minimum absolute atomic E-state index is 0.0232. The standard InChI is InChI=1S/C20H24N4O2/c1-14(2)16-6-8-17(9-7-16)24-12-11-23(20(24)26)13-18(25)22-19-15(3)5-4-10-21-19/h4-10,14H,11-13H2,1-3H3,(H,21,22,25). The molecule has 136 valence electrons. The molecule has 1 saturated heterocycles. The fourth-order valence-electron chi connectivity index (χ4n) is 2.97. The molecule has 1 fully saturated rings. The van der Waals surface area contributed by atoms with E-state index < -0.39 is 0 Å². The fraction of sp³-hybridized carbons (Fsp3) is 0.350. The van der Waals surface area contributed by atoms with Gasteiger partial charge in [0.15, 0.2) is 0 Å². The summed E-state index contributed by atoms with van der Waals surface area (Å²) < 4.78 is 0. The molecular formula is C20H24N4O2. The lowest BCUT2D eigenvalue weighted by Gasteiger charge is -2.19. The number of aromatic nitrogens is 1. The number of nitrogens with zero attached hydrogens (tertiary/aromatic N) is 3. The van der Waals surface area contributed by atoms with Crippen molar-refractivity contribution < 1.29 is 9.59 Å². The zero-order chi connectivity index (χ0) is 18.7. The molecule has 1 aliphatic heterocycles. The predicted octanol–water partition coefficient (Wildman–Crippen LogP) is 3.39. The van der Waals surface area contributed by atoms with Gasteiger partial charge in [0.2, 0.25) is 5.91 Å². The third-order valence-electron chi connectivity index (χ3n) is 4.57. The van der Waals surface area contributed by atoms with Crippen molar-refractivity contribution in [3.8, 4) is 0 Å². The minimum Gasteiger partial charge on any atom is -0.313 e. The molecule has 2 heterocycles. The summed E-state index contributed by atoms with van der Waals surface area (Å²) in [6.45, 7) is 7.29. The molecule has 0 atom stereocenters. The summed E-state index contributed by atoms with van der Waals surface area (Å²) in [6, 6.07) is 11.6. The number of hydrogen-bond donors (Lipinski definition) is 1. The van der Waals surface area contributed by atoms with E-state index in [1.54, 1.807) is 16.0 Å². The summed E-state index contributed by atoms with van der Waals surface area (Å²) in [5.41, 5.74) is 2.99. The fourth-order valence-corrected chi connectivity index (χ4v) is 2.97. The SMILES string of the molecule is Cc1cccnc1NC(=O)CN1CCN(c2ccc(C(C)C)cc2)C1=O. The number of nitrogens with one attached hydrogen (secondary N) is 1. The van der Waals surface area contributed by atoms with Gasteiger partial charge in [0.1, 0.15) is 12.4 Å². The minimum atomic E-state index is -0.239. The molecule has 1 aliphatic rings. The van der Waals surface area contributed by atoms with Crippen LogP contribution in [0.25, 0.3) is 0 Å². The molecule has 3 amide bonds. The highest BCUT2D eigenvalue weighted by atomic mass is 16.2. The van der Waals surface area contributed by atoms with Gasteiger partial charge >= 0.3 is 6.03 Å². The summed E-state index contributed by atoms with van der Waals surface area (Å²) in [7, 11) is 0. The smallest absolute Gasteiger partial charge is 0.313 e. The van der Waals surface area contributed by atoms with Gasteiger partial charge in [0.05, 0.1) is 0 Å². The topological polar surface area (TPSA) is 65.5 Å². The molecule has 0 saturated carbocycles. The van der Waals surface area contributed by atoms with Gasteiger partial charge < -0.3 is 10.2 Å². The maximum absolute atomic E-state index is 12.6. The van der Waals surface area contributed by atoms with Crippen molar-refractivity contribution in [1.29, 1.82) is 0 Å². The first kappa shape index (κ1) is 17.9. The molecule has 6 heteroatoms. The number of hydrogen-bond acceptors (Lipinski definition) is 3. The Kier molecular flexibility index (Phi) is 5.21. The Bertz CT molecular complexity index is 802. The third kappa shape index (κ3) is 3.85. The van der Waals surface area contributed by atoms with E-state index in [0.717, 1.165) is 11.3 Å². The Hall–Kier alpha value is -2.89. The van der Waals surface area contributed by atoms with E-state index in [9.17, 15) is 9.59 Å². The Morgan fingerprint density at radius 3 is 2.58 bits per heavy atom. The van der Waals surface area contributed by atoms with Gasteiger partial charge in [-0.05, 0) is 42.2 Å². The second-order valence-electron chi connectivity index (χ2n) is 6.82. The van der Waals surface area contributed by atoms with Crippen LogP contribution in [0.3, 0.4) is 0 Å². The highest BCUT2D eigenvalue weighted by Crippen LogP contribution is 2.23. The van der Waals surface area contributed by atoms with Crippen LogP contribution in [0.5, 0.6) is 0 Å². The lowest BCUT2D eigenvalue weighted by molar-refractivity contribution is -0.116. The number of rotatable bonds is 5. The second-order valence-corrected chi connectivity index (χ2v) is 6.82. The molecule has 0 spiro atoms. The number of carbonyl (C=O) groups is 2. The highest BCUT2D eigenvalue weighted by molar-refractivity contribution is 5.99. The quantitative estimate of drug-likeness (QED) is 0.897. The van der Waals surface area contributed by atoms with Crippen LogP contribution in [0.15, 0.2) is 42.6 Å². The number of pyridine rings is 1. The normalized spacial score (nSPS) is 14.2. The van der Waals surface area contributed by atoms with Crippen molar-refractivity contribution >= 4 is 23.4 Å². The summed E-state index contributed by atoms with van der Waals surface area (Å²) in [6.07, 6.45) is 1.63. The van der Waals surface area contributed by atoms with Gasteiger partial charge in [-0.3, -0.25) is 9.69 Å². The second kappa shape index (κ2) is 7.56. The van der Waals surface area contributed by atoms with Crippen molar-refractivity contribution in [1.82, 2.24) is 9.88 Å². The van der Waals surface area contributed by atoms with Crippen molar-refractivity contribution in [3.05, 3.63) is 53.7 Å². The van der Waals surface area contributed by atoms with Crippen LogP contribution in [0.4, 0.5) is 16.3 Å². The molecule has 6 nitrogen and oxygen atoms in total. The van der Waals surface area contributed by atoms with Crippen LogP contribution in [-0.2, 0) is 4.79 Å². The monoisotopic (exact) mass is 352 g/mol. The van der Waals surface area contributed by atoms with Crippen LogP contribution < -0.4 is 10.2 Å². The van der Waals surface area contributed by atoms with Gasteiger partial charge in [-0.1, -0.05) is 32.0 Å².